The number of benzene rings is 2. The fourth-order valence-electron chi connectivity index (χ4n) is 2.74. The second-order valence-corrected chi connectivity index (χ2v) is 8.73. The normalized spacial score (nSPS) is 11.5. The Labute approximate surface area is 181 Å². The van der Waals surface area contributed by atoms with Crippen molar-refractivity contribution in [2.24, 2.45) is 0 Å². The standard InChI is InChI=1S/C21H24FN5O3S/c1-27(2)13-12-24-31(28,29)17-7-5-16(6-8-17)25-21-23-11-10-19(26-21)15-4-9-20(30-3)18(22)14-15/h4-11,14,24H,12-13H2,1-3H3,(H,23,25,26). The van der Waals surface area contributed by atoms with E-state index in [0.717, 1.165) is 0 Å². The Morgan fingerprint density at radius 1 is 1.10 bits per heavy atom. The molecular weight excluding hydrogens is 421 g/mol. The van der Waals surface area contributed by atoms with Crippen molar-refractivity contribution in [2.45, 2.75) is 4.90 Å². The van der Waals surface area contributed by atoms with Crippen molar-refractivity contribution >= 4 is 21.7 Å². The molecule has 10 heteroatoms. The summed E-state index contributed by atoms with van der Waals surface area (Å²) in [7, 11) is 1.57. The minimum Gasteiger partial charge on any atom is -0.494 e. The third kappa shape index (κ3) is 5.97. The number of anilines is 2. The maximum atomic E-state index is 14.0. The number of rotatable bonds is 9. The molecule has 0 saturated carbocycles. The van der Waals surface area contributed by atoms with Gasteiger partial charge in [-0.25, -0.2) is 27.5 Å². The second-order valence-electron chi connectivity index (χ2n) is 6.97. The first-order valence-corrected chi connectivity index (χ1v) is 11.0. The minimum absolute atomic E-state index is 0.155. The quantitative estimate of drug-likeness (QED) is 0.523. The van der Waals surface area contributed by atoms with Crippen LogP contribution in [0.1, 0.15) is 0 Å². The van der Waals surface area contributed by atoms with E-state index >= 15 is 0 Å². The molecule has 0 saturated heterocycles. The molecule has 0 fully saturated rings. The number of nitrogens with one attached hydrogen (secondary N) is 2. The van der Waals surface area contributed by atoms with Crippen molar-refractivity contribution in [3.05, 3.63) is 60.5 Å². The molecule has 0 atom stereocenters. The van der Waals surface area contributed by atoms with Gasteiger partial charge in [-0.1, -0.05) is 0 Å². The van der Waals surface area contributed by atoms with E-state index in [4.69, 9.17) is 4.74 Å². The summed E-state index contributed by atoms with van der Waals surface area (Å²) < 4.78 is 46.2. The van der Waals surface area contributed by atoms with Crippen LogP contribution in [0.15, 0.2) is 59.6 Å². The largest absolute Gasteiger partial charge is 0.494 e. The Bertz CT molecular complexity index is 1140. The number of nitrogens with zero attached hydrogens (tertiary/aromatic N) is 3. The van der Waals surface area contributed by atoms with Gasteiger partial charge in [0.25, 0.3) is 0 Å². The topological polar surface area (TPSA) is 96.4 Å². The van der Waals surface area contributed by atoms with Gasteiger partial charge in [-0.15, -0.1) is 0 Å². The average Bonchev–Trinajstić information content (AvgIpc) is 2.74. The number of ether oxygens (including phenoxy) is 1. The van der Waals surface area contributed by atoms with E-state index in [1.807, 2.05) is 19.0 Å². The molecule has 0 bridgehead atoms. The molecule has 0 aliphatic heterocycles. The van der Waals surface area contributed by atoms with Gasteiger partial charge in [0.1, 0.15) is 0 Å². The van der Waals surface area contributed by atoms with Gasteiger partial charge < -0.3 is 15.0 Å². The van der Waals surface area contributed by atoms with Crippen LogP contribution < -0.4 is 14.8 Å². The second kappa shape index (κ2) is 9.82. The summed E-state index contributed by atoms with van der Waals surface area (Å²) in [6.45, 7) is 0.923. The van der Waals surface area contributed by atoms with Crippen LogP contribution in [-0.4, -0.2) is 57.6 Å². The Morgan fingerprint density at radius 3 is 2.48 bits per heavy atom. The lowest BCUT2D eigenvalue weighted by Gasteiger charge is -2.11. The van der Waals surface area contributed by atoms with Gasteiger partial charge >= 0.3 is 0 Å². The Kier molecular flexibility index (Phi) is 7.16. The Morgan fingerprint density at radius 2 is 1.84 bits per heavy atom. The van der Waals surface area contributed by atoms with Crippen molar-refractivity contribution < 1.29 is 17.5 Å². The van der Waals surface area contributed by atoms with E-state index < -0.39 is 15.8 Å². The molecule has 2 N–H and O–H groups in total. The molecule has 0 amide bonds. The van der Waals surface area contributed by atoms with Crippen molar-refractivity contribution in [3.8, 4) is 17.0 Å². The minimum atomic E-state index is -3.58. The molecule has 2 aromatic carbocycles. The maximum absolute atomic E-state index is 14.0. The molecule has 0 aliphatic carbocycles. The van der Waals surface area contributed by atoms with Crippen LogP contribution in [0.4, 0.5) is 16.0 Å². The van der Waals surface area contributed by atoms with Gasteiger partial charge in [0.15, 0.2) is 11.6 Å². The van der Waals surface area contributed by atoms with E-state index in [-0.39, 0.29) is 10.6 Å². The highest BCUT2D eigenvalue weighted by molar-refractivity contribution is 7.89. The summed E-state index contributed by atoms with van der Waals surface area (Å²) in [6, 6.07) is 12.5. The van der Waals surface area contributed by atoms with Gasteiger partial charge in [-0.2, -0.15) is 0 Å². The monoisotopic (exact) mass is 445 g/mol. The van der Waals surface area contributed by atoms with Crippen molar-refractivity contribution in [3.63, 3.8) is 0 Å². The zero-order valence-electron chi connectivity index (χ0n) is 17.5. The first kappa shape index (κ1) is 22.6. The predicted molar refractivity (Wildman–Crippen MR) is 117 cm³/mol. The first-order valence-electron chi connectivity index (χ1n) is 9.47. The van der Waals surface area contributed by atoms with Gasteiger partial charge in [0.2, 0.25) is 16.0 Å². The number of methoxy groups -OCH3 is 1. The number of hydrogen-bond acceptors (Lipinski definition) is 7. The summed E-state index contributed by atoms with van der Waals surface area (Å²) in [5, 5.41) is 3.03. The van der Waals surface area contributed by atoms with Crippen LogP contribution >= 0.6 is 0 Å². The number of halogens is 1. The van der Waals surface area contributed by atoms with E-state index in [1.165, 1.54) is 31.4 Å². The van der Waals surface area contributed by atoms with Crippen LogP contribution in [0, 0.1) is 5.82 Å². The molecule has 1 heterocycles. The van der Waals surface area contributed by atoms with Crippen LogP contribution in [-0.2, 0) is 10.0 Å². The molecule has 1 aromatic heterocycles. The number of hydrogen-bond donors (Lipinski definition) is 2. The molecule has 31 heavy (non-hydrogen) atoms. The molecule has 164 valence electrons. The van der Waals surface area contributed by atoms with Gasteiger partial charge in [0.05, 0.1) is 17.7 Å². The highest BCUT2D eigenvalue weighted by Crippen LogP contribution is 2.25. The van der Waals surface area contributed by atoms with Crippen LogP contribution in [0.2, 0.25) is 0 Å². The van der Waals surface area contributed by atoms with Crippen LogP contribution in [0.5, 0.6) is 5.75 Å². The molecular formula is C21H24FN5O3S. The third-order valence-electron chi connectivity index (χ3n) is 4.37. The van der Waals surface area contributed by atoms with E-state index in [9.17, 15) is 12.8 Å². The number of sulfonamides is 1. The first-order chi connectivity index (χ1) is 14.8. The highest BCUT2D eigenvalue weighted by Gasteiger charge is 2.13. The fourth-order valence-corrected chi connectivity index (χ4v) is 3.76. The summed E-state index contributed by atoms with van der Waals surface area (Å²) in [4.78, 5) is 10.6. The average molecular weight is 446 g/mol. The van der Waals surface area contributed by atoms with E-state index in [2.05, 4.69) is 20.0 Å². The lowest BCUT2D eigenvalue weighted by molar-refractivity contribution is 0.386. The maximum Gasteiger partial charge on any atom is 0.240 e. The summed E-state index contributed by atoms with van der Waals surface area (Å²) in [5.41, 5.74) is 1.72. The predicted octanol–water partition coefficient (Wildman–Crippen LogP) is 2.87. The smallest absolute Gasteiger partial charge is 0.240 e. The zero-order chi connectivity index (χ0) is 22.4. The molecule has 3 aromatic rings. The molecule has 0 unspecified atom stereocenters. The Hall–Kier alpha value is -3.08. The summed E-state index contributed by atoms with van der Waals surface area (Å²) >= 11 is 0. The van der Waals surface area contributed by atoms with Gasteiger partial charge in [-0.05, 0) is 62.6 Å². The number of aromatic nitrogens is 2. The van der Waals surface area contributed by atoms with E-state index in [1.54, 1.807) is 30.5 Å². The molecule has 0 radical (unpaired) electrons. The van der Waals surface area contributed by atoms with Crippen molar-refractivity contribution in [1.82, 2.24) is 19.6 Å². The van der Waals surface area contributed by atoms with Gasteiger partial charge in [-0.3, -0.25) is 0 Å². The van der Waals surface area contributed by atoms with Gasteiger partial charge in [0, 0.05) is 30.5 Å². The van der Waals surface area contributed by atoms with E-state index in [0.29, 0.717) is 36.0 Å². The van der Waals surface area contributed by atoms with Crippen LogP contribution in [0.3, 0.4) is 0 Å². The lowest BCUT2D eigenvalue weighted by atomic mass is 10.1. The highest BCUT2D eigenvalue weighted by atomic mass is 32.2. The SMILES string of the molecule is COc1ccc(-c2ccnc(Nc3ccc(S(=O)(=O)NCCN(C)C)cc3)n2)cc1F. The molecule has 0 aliphatic rings. The third-order valence-corrected chi connectivity index (χ3v) is 5.85. The van der Waals surface area contributed by atoms with Crippen molar-refractivity contribution in [2.75, 3.05) is 39.6 Å². The summed E-state index contributed by atoms with van der Waals surface area (Å²) in [6.07, 6.45) is 1.56. The fraction of sp³-hybridized carbons (Fsp3) is 0.238. The summed E-state index contributed by atoms with van der Waals surface area (Å²) in [5.74, 6) is -0.0278. The molecule has 0 spiro atoms. The number of likely N-dealkylation sites (N-methyl/N-ethyl adjacent to an activating group) is 1. The lowest BCUT2D eigenvalue weighted by Crippen LogP contribution is -2.31. The Balaban J connectivity index is 1.72. The van der Waals surface area contributed by atoms with Crippen molar-refractivity contribution in [1.29, 1.82) is 0 Å². The zero-order valence-corrected chi connectivity index (χ0v) is 18.3. The molecule has 8 nitrogen and oxygen atoms in total. The van der Waals surface area contributed by atoms with Crippen LogP contribution in [0.25, 0.3) is 11.3 Å². The molecule has 3 rings (SSSR count).